The van der Waals surface area contributed by atoms with Crippen LogP contribution in [0, 0.1) is 5.92 Å². The molecule has 1 atom stereocenters. The molecule has 0 saturated carbocycles. The lowest BCUT2D eigenvalue weighted by Crippen LogP contribution is -2.23. The van der Waals surface area contributed by atoms with Crippen LogP contribution in [0.1, 0.15) is 23.8 Å². The molecule has 0 N–H and O–H groups in total. The number of rotatable bonds is 0. The number of Topliss-reactive ketones (excluding diaryl/α,β-unsaturated/α-hetero) is 1. The Kier molecular flexibility index (Phi) is 1.79. The topological polar surface area (TPSA) is 34.9 Å². The Bertz CT molecular complexity index is 332. The summed E-state index contributed by atoms with van der Waals surface area (Å²) < 4.78 is 2.68. The highest BCUT2D eigenvalue weighted by Gasteiger charge is 2.25. The van der Waals surface area contributed by atoms with Crippen LogP contribution in [0.3, 0.4) is 0 Å². The maximum Gasteiger partial charge on any atom is 0.183 e. The number of carbonyl (C=O) groups is 1. The van der Waals surface area contributed by atoms with Crippen LogP contribution in [0.4, 0.5) is 0 Å². The van der Waals surface area contributed by atoms with Crippen molar-refractivity contribution in [1.82, 2.24) is 9.55 Å². The minimum atomic E-state index is 0.154. The van der Waals surface area contributed by atoms with Gasteiger partial charge < -0.3 is 4.57 Å². The standard InChI is InChI=1S/C8H9BrN2O/c1-5-2-3-11-6(7(5)12)4-10-8(11)9/h4-5H,2-3H2,1H3. The molecule has 0 saturated heterocycles. The van der Waals surface area contributed by atoms with Crippen molar-refractivity contribution in [2.75, 3.05) is 0 Å². The van der Waals surface area contributed by atoms with E-state index in [4.69, 9.17) is 0 Å². The maximum atomic E-state index is 11.5. The third-order valence-electron chi connectivity index (χ3n) is 2.29. The Balaban J connectivity index is 2.50. The van der Waals surface area contributed by atoms with Gasteiger partial charge in [0.15, 0.2) is 10.5 Å². The lowest BCUT2D eigenvalue weighted by atomic mass is 9.97. The lowest BCUT2D eigenvalue weighted by molar-refractivity contribution is 0.0890. The van der Waals surface area contributed by atoms with E-state index in [9.17, 15) is 4.79 Å². The average molecular weight is 229 g/mol. The van der Waals surface area contributed by atoms with Gasteiger partial charge in [0, 0.05) is 12.5 Å². The first-order valence-corrected chi connectivity index (χ1v) is 4.74. The predicted octanol–water partition coefficient (Wildman–Crippen LogP) is 1.87. The van der Waals surface area contributed by atoms with Gasteiger partial charge in [-0.3, -0.25) is 4.79 Å². The van der Waals surface area contributed by atoms with Crippen molar-refractivity contribution in [3.8, 4) is 0 Å². The molecule has 64 valence electrons. The SMILES string of the molecule is CC1CCn2c(cnc2Br)C1=O. The summed E-state index contributed by atoms with van der Waals surface area (Å²) in [6.45, 7) is 2.86. The van der Waals surface area contributed by atoms with Gasteiger partial charge in [-0.15, -0.1) is 0 Å². The number of aromatic nitrogens is 2. The molecule has 1 aliphatic rings. The number of hydrogen-bond donors (Lipinski definition) is 0. The quantitative estimate of drug-likeness (QED) is 0.680. The number of halogens is 1. The molecule has 4 heteroatoms. The highest BCUT2D eigenvalue weighted by atomic mass is 79.9. The van der Waals surface area contributed by atoms with E-state index in [1.54, 1.807) is 6.20 Å². The first-order chi connectivity index (χ1) is 5.70. The third kappa shape index (κ3) is 1.02. The second-order valence-electron chi connectivity index (χ2n) is 3.12. The summed E-state index contributed by atoms with van der Waals surface area (Å²) in [5, 5.41) is 0. The summed E-state index contributed by atoms with van der Waals surface area (Å²) in [7, 11) is 0. The van der Waals surface area contributed by atoms with Gasteiger partial charge in [-0.2, -0.15) is 0 Å². The van der Waals surface area contributed by atoms with Crippen molar-refractivity contribution in [2.45, 2.75) is 19.9 Å². The zero-order valence-corrected chi connectivity index (χ0v) is 8.34. The fourth-order valence-corrected chi connectivity index (χ4v) is 1.94. The first-order valence-electron chi connectivity index (χ1n) is 3.95. The molecule has 1 aliphatic heterocycles. The van der Waals surface area contributed by atoms with Gasteiger partial charge in [0.2, 0.25) is 0 Å². The van der Waals surface area contributed by atoms with E-state index in [0.29, 0.717) is 0 Å². The minimum absolute atomic E-state index is 0.154. The molecule has 0 radical (unpaired) electrons. The van der Waals surface area contributed by atoms with Crippen LogP contribution in [-0.4, -0.2) is 15.3 Å². The normalized spacial score (nSPS) is 22.5. The highest BCUT2D eigenvalue weighted by molar-refractivity contribution is 9.10. The van der Waals surface area contributed by atoms with Gasteiger partial charge in [0.1, 0.15) is 5.69 Å². The molecule has 0 spiro atoms. The van der Waals surface area contributed by atoms with Crippen LogP contribution in [-0.2, 0) is 6.54 Å². The molecule has 2 rings (SSSR count). The van der Waals surface area contributed by atoms with Crippen molar-refractivity contribution >= 4 is 21.7 Å². The molecule has 0 fully saturated rings. The summed E-state index contributed by atoms with van der Waals surface area (Å²) in [4.78, 5) is 15.6. The summed E-state index contributed by atoms with van der Waals surface area (Å²) in [5.41, 5.74) is 0.737. The van der Waals surface area contributed by atoms with Crippen molar-refractivity contribution in [1.29, 1.82) is 0 Å². The van der Waals surface area contributed by atoms with Crippen LogP contribution >= 0.6 is 15.9 Å². The van der Waals surface area contributed by atoms with Gasteiger partial charge in [0.25, 0.3) is 0 Å². The van der Waals surface area contributed by atoms with Crippen molar-refractivity contribution < 1.29 is 4.79 Å². The predicted molar refractivity (Wildman–Crippen MR) is 48.0 cm³/mol. The molecule has 0 bridgehead atoms. The number of hydrogen-bond acceptors (Lipinski definition) is 2. The second-order valence-corrected chi connectivity index (χ2v) is 3.83. The fraction of sp³-hybridized carbons (Fsp3) is 0.500. The monoisotopic (exact) mass is 228 g/mol. The molecule has 1 aromatic rings. The molecule has 3 nitrogen and oxygen atoms in total. The van der Waals surface area contributed by atoms with E-state index in [1.807, 2.05) is 11.5 Å². The summed E-state index contributed by atoms with van der Waals surface area (Å²) in [6.07, 6.45) is 2.56. The smallest absolute Gasteiger partial charge is 0.183 e. The summed E-state index contributed by atoms with van der Waals surface area (Å²) in [5.74, 6) is 0.362. The molecular weight excluding hydrogens is 220 g/mol. The van der Waals surface area contributed by atoms with E-state index < -0.39 is 0 Å². The molecule has 1 unspecified atom stereocenters. The number of imidazole rings is 1. The Morgan fingerprint density at radius 2 is 2.50 bits per heavy atom. The third-order valence-corrected chi connectivity index (χ3v) is 2.93. The first kappa shape index (κ1) is 7.98. The van der Waals surface area contributed by atoms with Crippen LogP contribution in [0.15, 0.2) is 10.9 Å². The van der Waals surface area contributed by atoms with E-state index in [2.05, 4.69) is 20.9 Å². The molecule has 1 aromatic heterocycles. The maximum absolute atomic E-state index is 11.5. The second kappa shape index (κ2) is 2.69. The van der Waals surface area contributed by atoms with E-state index in [-0.39, 0.29) is 11.7 Å². The number of carbonyl (C=O) groups excluding carboxylic acids is 1. The fourth-order valence-electron chi connectivity index (χ4n) is 1.47. The Labute approximate surface area is 78.9 Å². The molecular formula is C8H9BrN2O. The van der Waals surface area contributed by atoms with Crippen LogP contribution in [0.5, 0.6) is 0 Å². The molecule has 0 amide bonds. The van der Waals surface area contributed by atoms with Crippen LogP contribution in [0.25, 0.3) is 0 Å². The zero-order chi connectivity index (χ0) is 8.72. The zero-order valence-electron chi connectivity index (χ0n) is 6.75. The molecule has 12 heavy (non-hydrogen) atoms. The number of nitrogens with zero attached hydrogens (tertiary/aromatic N) is 2. The van der Waals surface area contributed by atoms with E-state index in [1.165, 1.54) is 0 Å². The van der Waals surface area contributed by atoms with Gasteiger partial charge in [0.05, 0.1) is 6.20 Å². The van der Waals surface area contributed by atoms with Crippen molar-refractivity contribution in [3.63, 3.8) is 0 Å². The summed E-state index contributed by atoms with van der Waals surface area (Å²) in [6, 6.07) is 0. The molecule has 0 aromatic carbocycles. The van der Waals surface area contributed by atoms with E-state index >= 15 is 0 Å². The van der Waals surface area contributed by atoms with Gasteiger partial charge in [-0.05, 0) is 22.4 Å². The van der Waals surface area contributed by atoms with E-state index in [0.717, 1.165) is 23.4 Å². The Hall–Kier alpha value is -0.640. The van der Waals surface area contributed by atoms with Crippen LogP contribution in [0.2, 0.25) is 0 Å². The summed E-state index contributed by atoms with van der Waals surface area (Å²) >= 11 is 3.30. The van der Waals surface area contributed by atoms with Gasteiger partial charge in [-0.1, -0.05) is 6.92 Å². The highest BCUT2D eigenvalue weighted by Crippen LogP contribution is 2.23. The number of ketones is 1. The largest absolute Gasteiger partial charge is 0.316 e. The van der Waals surface area contributed by atoms with Crippen molar-refractivity contribution in [3.05, 3.63) is 16.6 Å². The van der Waals surface area contributed by atoms with Crippen LogP contribution < -0.4 is 0 Å². The van der Waals surface area contributed by atoms with Gasteiger partial charge >= 0.3 is 0 Å². The number of fused-ring (bicyclic) bond motifs is 1. The van der Waals surface area contributed by atoms with Gasteiger partial charge in [-0.25, -0.2) is 4.98 Å². The lowest BCUT2D eigenvalue weighted by Gasteiger charge is -2.19. The molecule has 0 aliphatic carbocycles. The van der Waals surface area contributed by atoms with Crippen molar-refractivity contribution in [2.24, 2.45) is 5.92 Å². The average Bonchev–Trinajstić information content (AvgIpc) is 2.41. The minimum Gasteiger partial charge on any atom is -0.316 e. The molecule has 2 heterocycles. The Morgan fingerprint density at radius 1 is 1.75 bits per heavy atom. The Morgan fingerprint density at radius 3 is 3.25 bits per heavy atom.